The summed E-state index contributed by atoms with van der Waals surface area (Å²) in [6.07, 6.45) is 0.665. The number of carbonyl (C=O) groups is 2. The first kappa shape index (κ1) is 16.4. The number of carboxylic acids is 1. The summed E-state index contributed by atoms with van der Waals surface area (Å²) in [6, 6.07) is 4.52. The van der Waals surface area contributed by atoms with Crippen LogP contribution in [0.3, 0.4) is 0 Å². The molecule has 1 saturated heterocycles. The second kappa shape index (κ2) is 6.45. The molecule has 1 aliphatic heterocycles. The average Bonchev–Trinajstić information content (AvgIpc) is 2.75. The van der Waals surface area contributed by atoms with Crippen molar-refractivity contribution >= 4 is 27.6 Å². The van der Waals surface area contributed by atoms with Crippen molar-refractivity contribution in [3.05, 3.63) is 29.3 Å². The number of rotatable bonds is 5. The lowest BCUT2D eigenvalue weighted by atomic mass is 10.1. The van der Waals surface area contributed by atoms with Gasteiger partial charge in [0.25, 0.3) is 0 Å². The average molecular weight is 326 g/mol. The molecule has 2 N–H and O–H groups in total. The summed E-state index contributed by atoms with van der Waals surface area (Å²) < 4.78 is 24.6. The van der Waals surface area contributed by atoms with Gasteiger partial charge in [0.2, 0.25) is 15.9 Å². The van der Waals surface area contributed by atoms with Gasteiger partial charge in [-0.2, -0.15) is 0 Å². The number of nitrogens with zero attached hydrogens (tertiary/aromatic N) is 1. The maximum Gasteiger partial charge on any atom is 0.335 e. The van der Waals surface area contributed by atoms with E-state index in [0.717, 1.165) is 0 Å². The van der Waals surface area contributed by atoms with E-state index in [0.29, 0.717) is 24.2 Å². The second-order valence-electron chi connectivity index (χ2n) is 5.20. The summed E-state index contributed by atoms with van der Waals surface area (Å²) in [7, 11) is -3.19. The number of sulfonamides is 1. The Morgan fingerprint density at radius 1 is 1.36 bits per heavy atom. The molecule has 0 bridgehead atoms. The summed E-state index contributed by atoms with van der Waals surface area (Å²) in [6.45, 7) is 2.28. The maximum atomic E-state index is 11.9. The number of hydrogen-bond acceptors (Lipinski definition) is 4. The standard InChI is InChI=1S/C14H18N2O5S/c1-10-9-11(3-4-12(10)14(18)19)15-13(17)5-7-16-6-2-8-22(16,20)21/h3-4,9H,2,5-8H2,1H3,(H,15,17)(H,18,19). The molecule has 1 fully saturated rings. The Morgan fingerprint density at radius 2 is 2.09 bits per heavy atom. The molecular formula is C14H18N2O5S. The summed E-state index contributed by atoms with van der Waals surface area (Å²) in [4.78, 5) is 22.8. The molecule has 2 rings (SSSR count). The Bertz CT molecular complexity index is 699. The molecule has 120 valence electrons. The van der Waals surface area contributed by atoms with Gasteiger partial charge < -0.3 is 10.4 Å². The van der Waals surface area contributed by atoms with Crippen LogP contribution in [0.5, 0.6) is 0 Å². The third-order valence-electron chi connectivity index (χ3n) is 3.53. The number of carboxylic acid groups (broad SMARTS) is 1. The smallest absolute Gasteiger partial charge is 0.335 e. The van der Waals surface area contributed by atoms with Gasteiger partial charge in [-0.15, -0.1) is 0 Å². The highest BCUT2D eigenvalue weighted by atomic mass is 32.2. The second-order valence-corrected chi connectivity index (χ2v) is 7.29. The van der Waals surface area contributed by atoms with Crippen LogP contribution in [-0.2, 0) is 14.8 Å². The van der Waals surface area contributed by atoms with Crippen LogP contribution in [-0.4, -0.2) is 48.5 Å². The van der Waals surface area contributed by atoms with Crippen molar-refractivity contribution in [2.75, 3.05) is 24.2 Å². The van der Waals surface area contributed by atoms with Crippen molar-refractivity contribution in [3.8, 4) is 0 Å². The largest absolute Gasteiger partial charge is 0.478 e. The van der Waals surface area contributed by atoms with Crippen LogP contribution in [0.1, 0.15) is 28.8 Å². The number of hydrogen-bond donors (Lipinski definition) is 2. The molecule has 1 aliphatic rings. The Morgan fingerprint density at radius 3 is 2.64 bits per heavy atom. The van der Waals surface area contributed by atoms with Gasteiger partial charge in [0.05, 0.1) is 11.3 Å². The Labute approximate surface area is 129 Å². The summed E-state index contributed by atoms with van der Waals surface area (Å²) in [5.74, 6) is -1.18. The van der Waals surface area contributed by atoms with Crippen molar-refractivity contribution in [2.24, 2.45) is 0 Å². The molecule has 0 unspecified atom stereocenters. The highest BCUT2D eigenvalue weighted by Gasteiger charge is 2.28. The third kappa shape index (κ3) is 3.83. The number of benzene rings is 1. The molecule has 0 aromatic heterocycles. The molecule has 1 aromatic carbocycles. The topological polar surface area (TPSA) is 104 Å². The van der Waals surface area contributed by atoms with Crippen molar-refractivity contribution in [2.45, 2.75) is 19.8 Å². The van der Waals surface area contributed by atoms with E-state index in [4.69, 9.17) is 5.11 Å². The molecule has 0 atom stereocenters. The zero-order valence-electron chi connectivity index (χ0n) is 12.2. The normalized spacial score (nSPS) is 17.3. The molecule has 1 amide bonds. The Balaban J connectivity index is 1.92. The SMILES string of the molecule is Cc1cc(NC(=O)CCN2CCCS2(=O)=O)ccc1C(=O)O. The van der Waals surface area contributed by atoms with Crippen LogP contribution in [0.2, 0.25) is 0 Å². The highest BCUT2D eigenvalue weighted by molar-refractivity contribution is 7.89. The molecule has 0 aliphatic carbocycles. The Kier molecular flexibility index (Phi) is 4.82. The van der Waals surface area contributed by atoms with Crippen LogP contribution >= 0.6 is 0 Å². The zero-order valence-corrected chi connectivity index (χ0v) is 13.0. The minimum atomic E-state index is -3.19. The van der Waals surface area contributed by atoms with E-state index in [1.807, 2.05) is 0 Å². The van der Waals surface area contributed by atoms with Gasteiger partial charge in [-0.3, -0.25) is 4.79 Å². The quantitative estimate of drug-likeness (QED) is 0.842. The monoisotopic (exact) mass is 326 g/mol. The fourth-order valence-corrected chi connectivity index (χ4v) is 3.90. The van der Waals surface area contributed by atoms with E-state index in [1.165, 1.54) is 16.4 Å². The van der Waals surface area contributed by atoms with E-state index in [2.05, 4.69) is 5.32 Å². The molecule has 0 saturated carbocycles. The van der Waals surface area contributed by atoms with E-state index in [-0.39, 0.29) is 30.2 Å². The van der Waals surface area contributed by atoms with Gasteiger partial charge in [-0.25, -0.2) is 17.5 Å². The van der Waals surface area contributed by atoms with Crippen molar-refractivity contribution in [1.29, 1.82) is 0 Å². The van der Waals surface area contributed by atoms with E-state index >= 15 is 0 Å². The Hall–Kier alpha value is -1.93. The van der Waals surface area contributed by atoms with Crippen LogP contribution in [0.25, 0.3) is 0 Å². The minimum absolute atomic E-state index is 0.0684. The van der Waals surface area contributed by atoms with Gasteiger partial charge in [-0.05, 0) is 37.1 Å². The molecule has 8 heteroatoms. The molecule has 1 heterocycles. The van der Waals surface area contributed by atoms with Crippen molar-refractivity contribution < 1.29 is 23.1 Å². The first-order chi connectivity index (χ1) is 10.3. The number of aromatic carboxylic acids is 1. The number of anilines is 1. The molecule has 1 aromatic rings. The summed E-state index contributed by atoms with van der Waals surface area (Å²) >= 11 is 0. The van der Waals surface area contributed by atoms with Gasteiger partial charge in [-0.1, -0.05) is 0 Å². The molecule has 0 radical (unpaired) electrons. The van der Waals surface area contributed by atoms with E-state index < -0.39 is 16.0 Å². The molecule has 7 nitrogen and oxygen atoms in total. The summed E-state index contributed by atoms with van der Waals surface area (Å²) in [5.41, 5.74) is 1.23. The fourth-order valence-electron chi connectivity index (χ4n) is 2.37. The lowest BCUT2D eigenvalue weighted by Gasteiger charge is -2.14. The predicted molar refractivity (Wildman–Crippen MR) is 81.4 cm³/mol. The fraction of sp³-hybridized carbons (Fsp3) is 0.429. The van der Waals surface area contributed by atoms with Crippen molar-refractivity contribution in [1.82, 2.24) is 4.31 Å². The van der Waals surface area contributed by atoms with Crippen LogP contribution in [0.15, 0.2) is 18.2 Å². The number of carbonyl (C=O) groups excluding carboxylic acids is 1. The maximum absolute atomic E-state index is 11.9. The van der Waals surface area contributed by atoms with Gasteiger partial charge in [0, 0.05) is 25.2 Å². The predicted octanol–water partition coefficient (Wildman–Crippen LogP) is 1.06. The van der Waals surface area contributed by atoms with E-state index in [9.17, 15) is 18.0 Å². The molecule has 0 spiro atoms. The minimum Gasteiger partial charge on any atom is -0.478 e. The van der Waals surface area contributed by atoms with Crippen molar-refractivity contribution in [3.63, 3.8) is 0 Å². The van der Waals surface area contributed by atoms with Crippen LogP contribution < -0.4 is 5.32 Å². The zero-order chi connectivity index (χ0) is 16.3. The van der Waals surface area contributed by atoms with Gasteiger partial charge >= 0.3 is 5.97 Å². The first-order valence-electron chi connectivity index (χ1n) is 6.91. The van der Waals surface area contributed by atoms with Crippen LogP contribution in [0, 0.1) is 6.92 Å². The highest BCUT2D eigenvalue weighted by Crippen LogP contribution is 2.16. The molecule has 22 heavy (non-hydrogen) atoms. The summed E-state index contributed by atoms with van der Waals surface area (Å²) in [5, 5.41) is 11.6. The van der Waals surface area contributed by atoms with E-state index in [1.54, 1.807) is 13.0 Å². The van der Waals surface area contributed by atoms with Gasteiger partial charge in [0.1, 0.15) is 0 Å². The third-order valence-corrected chi connectivity index (χ3v) is 5.49. The lowest BCUT2D eigenvalue weighted by Crippen LogP contribution is -2.29. The van der Waals surface area contributed by atoms with Crippen LogP contribution in [0.4, 0.5) is 5.69 Å². The number of nitrogens with one attached hydrogen (secondary N) is 1. The number of aryl methyl sites for hydroxylation is 1. The first-order valence-corrected chi connectivity index (χ1v) is 8.52. The molecular weight excluding hydrogens is 308 g/mol. The number of amides is 1. The lowest BCUT2D eigenvalue weighted by molar-refractivity contribution is -0.116. The van der Waals surface area contributed by atoms with Gasteiger partial charge in [0.15, 0.2) is 0 Å².